The Morgan fingerprint density at radius 1 is 1.38 bits per heavy atom. The average molecular weight is 215 g/mol. The first kappa shape index (κ1) is 10.4. The van der Waals surface area contributed by atoms with Gasteiger partial charge in [0.15, 0.2) is 0 Å². The van der Waals surface area contributed by atoms with Gasteiger partial charge in [-0.1, -0.05) is 0 Å². The van der Waals surface area contributed by atoms with Gasteiger partial charge in [-0.15, -0.1) is 0 Å². The molecule has 0 fully saturated rings. The van der Waals surface area contributed by atoms with Crippen LogP contribution in [-0.4, -0.2) is 9.55 Å². The van der Waals surface area contributed by atoms with Crippen molar-refractivity contribution >= 4 is 5.82 Å². The normalized spacial score (nSPS) is 10.3. The molecular weight excluding hydrogens is 202 g/mol. The fourth-order valence-electron chi connectivity index (χ4n) is 1.53. The van der Waals surface area contributed by atoms with Crippen LogP contribution in [0, 0.1) is 6.92 Å². The van der Waals surface area contributed by atoms with E-state index in [2.05, 4.69) is 4.98 Å². The Kier molecular flexibility index (Phi) is 2.72. The third kappa shape index (κ3) is 2.28. The minimum Gasteiger partial charge on any atom is -0.384 e. The van der Waals surface area contributed by atoms with Gasteiger partial charge in [0.1, 0.15) is 5.82 Å². The van der Waals surface area contributed by atoms with Crippen molar-refractivity contribution in [1.29, 1.82) is 0 Å². The van der Waals surface area contributed by atoms with Crippen molar-refractivity contribution in [1.82, 2.24) is 9.55 Å². The van der Waals surface area contributed by atoms with E-state index in [1.54, 1.807) is 29.1 Å². The molecule has 0 unspecified atom stereocenters. The second kappa shape index (κ2) is 4.18. The molecule has 2 N–H and O–H groups in total. The van der Waals surface area contributed by atoms with E-state index in [0.29, 0.717) is 12.4 Å². The van der Waals surface area contributed by atoms with Crippen molar-refractivity contribution in [3.63, 3.8) is 0 Å². The fourth-order valence-corrected chi connectivity index (χ4v) is 1.53. The van der Waals surface area contributed by atoms with Gasteiger partial charge in [-0.3, -0.25) is 4.79 Å². The zero-order chi connectivity index (χ0) is 11.5. The van der Waals surface area contributed by atoms with Gasteiger partial charge in [0.2, 0.25) is 0 Å². The monoisotopic (exact) mass is 215 g/mol. The van der Waals surface area contributed by atoms with E-state index in [4.69, 9.17) is 5.73 Å². The summed E-state index contributed by atoms with van der Waals surface area (Å²) in [5.41, 5.74) is 7.51. The topological polar surface area (TPSA) is 60.9 Å². The molecule has 0 saturated carbocycles. The van der Waals surface area contributed by atoms with Crippen LogP contribution in [0.15, 0.2) is 41.5 Å². The lowest BCUT2D eigenvalue weighted by atomic mass is 10.2. The van der Waals surface area contributed by atoms with Crippen LogP contribution >= 0.6 is 0 Å². The zero-order valence-electron chi connectivity index (χ0n) is 9.05. The minimum absolute atomic E-state index is 0.00427. The highest BCUT2D eigenvalue weighted by Crippen LogP contribution is 2.04. The largest absolute Gasteiger partial charge is 0.384 e. The Balaban J connectivity index is 2.31. The van der Waals surface area contributed by atoms with Crippen molar-refractivity contribution < 1.29 is 0 Å². The number of nitrogen functional groups attached to an aromatic ring is 1. The number of aryl methyl sites for hydroxylation is 1. The third-order valence-electron chi connectivity index (χ3n) is 2.35. The quantitative estimate of drug-likeness (QED) is 0.818. The summed E-state index contributed by atoms with van der Waals surface area (Å²) in [4.78, 5) is 15.6. The molecular formula is C12H13N3O. The molecule has 4 nitrogen and oxygen atoms in total. The minimum atomic E-state index is -0.00427. The molecule has 0 aliphatic carbocycles. The van der Waals surface area contributed by atoms with Gasteiger partial charge < -0.3 is 10.3 Å². The molecule has 4 heteroatoms. The number of nitrogens with two attached hydrogens (primary N) is 1. The lowest BCUT2D eigenvalue weighted by molar-refractivity contribution is 0.756. The summed E-state index contributed by atoms with van der Waals surface area (Å²) in [5.74, 6) is 0.470. The zero-order valence-corrected chi connectivity index (χ0v) is 9.05. The molecule has 2 aromatic heterocycles. The molecule has 0 aliphatic rings. The molecule has 82 valence electrons. The SMILES string of the molecule is Cc1ccn(Cc2ccnc(N)c2)c(=O)c1. The van der Waals surface area contributed by atoms with Crippen LogP contribution in [0.3, 0.4) is 0 Å². The number of aromatic nitrogens is 2. The van der Waals surface area contributed by atoms with Crippen LogP contribution in [0.5, 0.6) is 0 Å². The third-order valence-corrected chi connectivity index (χ3v) is 2.35. The number of hydrogen-bond acceptors (Lipinski definition) is 3. The summed E-state index contributed by atoms with van der Waals surface area (Å²) in [7, 11) is 0. The molecule has 0 aromatic carbocycles. The van der Waals surface area contributed by atoms with E-state index in [1.165, 1.54) is 0 Å². The second-order valence-electron chi connectivity index (χ2n) is 3.76. The van der Waals surface area contributed by atoms with Gasteiger partial charge in [0.05, 0.1) is 6.54 Å². The summed E-state index contributed by atoms with van der Waals surface area (Å²) in [6, 6.07) is 7.14. The molecule has 0 aliphatic heterocycles. The maximum Gasteiger partial charge on any atom is 0.251 e. The maximum absolute atomic E-state index is 11.6. The first-order valence-electron chi connectivity index (χ1n) is 5.02. The number of pyridine rings is 2. The lowest BCUT2D eigenvalue weighted by Crippen LogP contribution is -2.19. The van der Waals surface area contributed by atoms with Gasteiger partial charge in [-0.25, -0.2) is 4.98 Å². The predicted molar refractivity (Wildman–Crippen MR) is 63.2 cm³/mol. The number of nitrogens with zero attached hydrogens (tertiary/aromatic N) is 2. The van der Waals surface area contributed by atoms with Gasteiger partial charge >= 0.3 is 0 Å². The van der Waals surface area contributed by atoms with Crippen LogP contribution in [0.2, 0.25) is 0 Å². The number of hydrogen-bond donors (Lipinski definition) is 1. The van der Waals surface area contributed by atoms with Crippen LogP contribution in [0.25, 0.3) is 0 Å². The lowest BCUT2D eigenvalue weighted by Gasteiger charge is -2.06. The first-order chi connectivity index (χ1) is 7.65. The molecule has 0 amide bonds. The van der Waals surface area contributed by atoms with E-state index < -0.39 is 0 Å². The van der Waals surface area contributed by atoms with Crippen LogP contribution < -0.4 is 11.3 Å². The number of rotatable bonds is 2. The molecule has 2 rings (SSSR count). The standard InChI is InChI=1S/C12H13N3O/c1-9-3-5-15(12(16)6-9)8-10-2-4-14-11(13)7-10/h2-7H,8H2,1H3,(H2,13,14). The van der Waals surface area contributed by atoms with Crippen molar-refractivity contribution in [2.75, 3.05) is 5.73 Å². The van der Waals surface area contributed by atoms with Crippen molar-refractivity contribution in [3.8, 4) is 0 Å². The maximum atomic E-state index is 11.6. The summed E-state index contributed by atoms with van der Waals surface area (Å²) < 4.78 is 1.64. The Labute approximate surface area is 93.4 Å². The Morgan fingerprint density at radius 3 is 2.88 bits per heavy atom. The van der Waals surface area contributed by atoms with Crippen LogP contribution in [0.1, 0.15) is 11.1 Å². The van der Waals surface area contributed by atoms with Crippen molar-refractivity contribution in [2.24, 2.45) is 0 Å². The highest BCUT2D eigenvalue weighted by Gasteiger charge is 1.98. The Bertz CT molecular complexity index is 560. The number of anilines is 1. The van der Waals surface area contributed by atoms with E-state index in [1.807, 2.05) is 19.1 Å². The summed E-state index contributed by atoms with van der Waals surface area (Å²) in [6.45, 7) is 2.42. The molecule has 16 heavy (non-hydrogen) atoms. The molecule has 0 atom stereocenters. The van der Waals surface area contributed by atoms with Gasteiger partial charge in [0.25, 0.3) is 5.56 Å². The summed E-state index contributed by atoms with van der Waals surface area (Å²) >= 11 is 0. The van der Waals surface area contributed by atoms with E-state index in [9.17, 15) is 4.79 Å². The predicted octanol–water partition coefficient (Wildman–Crippen LogP) is 1.18. The molecule has 2 heterocycles. The van der Waals surface area contributed by atoms with Crippen molar-refractivity contribution in [2.45, 2.75) is 13.5 Å². The molecule has 0 radical (unpaired) electrons. The van der Waals surface area contributed by atoms with E-state index >= 15 is 0 Å². The highest BCUT2D eigenvalue weighted by atomic mass is 16.1. The Hall–Kier alpha value is -2.10. The van der Waals surface area contributed by atoms with Crippen LogP contribution in [-0.2, 0) is 6.54 Å². The smallest absolute Gasteiger partial charge is 0.251 e. The van der Waals surface area contributed by atoms with Crippen LogP contribution in [0.4, 0.5) is 5.82 Å². The fraction of sp³-hybridized carbons (Fsp3) is 0.167. The van der Waals surface area contributed by atoms with Crippen molar-refractivity contribution in [3.05, 3.63) is 58.1 Å². The average Bonchev–Trinajstić information content (AvgIpc) is 2.22. The Morgan fingerprint density at radius 2 is 2.19 bits per heavy atom. The molecule has 0 spiro atoms. The van der Waals surface area contributed by atoms with Gasteiger partial charge in [-0.05, 0) is 36.2 Å². The van der Waals surface area contributed by atoms with E-state index in [0.717, 1.165) is 11.1 Å². The first-order valence-corrected chi connectivity index (χ1v) is 5.02. The highest BCUT2D eigenvalue weighted by molar-refractivity contribution is 5.31. The molecule has 0 saturated heterocycles. The second-order valence-corrected chi connectivity index (χ2v) is 3.76. The molecule has 2 aromatic rings. The van der Waals surface area contributed by atoms with Gasteiger partial charge in [-0.2, -0.15) is 0 Å². The van der Waals surface area contributed by atoms with E-state index in [-0.39, 0.29) is 5.56 Å². The summed E-state index contributed by atoms with van der Waals surface area (Å²) in [6.07, 6.45) is 3.43. The summed E-state index contributed by atoms with van der Waals surface area (Å²) in [5, 5.41) is 0. The molecule has 0 bridgehead atoms. The van der Waals surface area contributed by atoms with Gasteiger partial charge in [0, 0.05) is 18.5 Å².